The van der Waals surface area contributed by atoms with Crippen LogP contribution in [-0.4, -0.2) is 64.2 Å². The summed E-state index contributed by atoms with van der Waals surface area (Å²) in [6.07, 6.45) is 8.78. The molecule has 1 saturated carbocycles. The molecule has 1 aromatic heterocycles. The zero-order valence-electron chi connectivity index (χ0n) is 16.6. The summed E-state index contributed by atoms with van der Waals surface area (Å²) in [5, 5.41) is 3.10. The fourth-order valence-corrected chi connectivity index (χ4v) is 5.58. The third-order valence-electron chi connectivity index (χ3n) is 7.14. The summed E-state index contributed by atoms with van der Waals surface area (Å²) in [6, 6.07) is 3.69. The van der Waals surface area contributed by atoms with Crippen molar-refractivity contribution in [3.05, 3.63) is 30.1 Å². The molecule has 3 amide bonds. The van der Waals surface area contributed by atoms with Gasteiger partial charge in [0.05, 0.1) is 6.04 Å². The average Bonchev–Trinajstić information content (AvgIpc) is 3.59. The van der Waals surface area contributed by atoms with Gasteiger partial charge in [-0.05, 0) is 56.1 Å². The summed E-state index contributed by atoms with van der Waals surface area (Å²) in [4.78, 5) is 46.2. The zero-order valence-corrected chi connectivity index (χ0v) is 16.6. The Balaban J connectivity index is 1.37. The number of hydrogen-bond acceptors (Lipinski definition) is 4. The van der Waals surface area contributed by atoms with E-state index in [4.69, 9.17) is 0 Å². The third-order valence-corrected chi connectivity index (χ3v) is 7.14. The van der Waals surface area contributed by atoms with Gasteiger partial charge in [0.25, 0.3) is 5.91 Å². The number of nitrogens with one attached hydrogen (secondary N) is 1. The Bertz CT molecular complexity index is 810. The van der Waals surface area contributed by atoms with Crippen LogP contribution in [0.25, 0.3) is 0 Å². The van der Waals surface area contributed by atoms with Gasteiger partial charge in [0, 0.05) is 56.0 Å². The minimum absolute atomic E-state index is 0.0141. The average molecular weight is 396 g/mol. The number of pyridine rings is 1. The highest BCUT2D eigenvalue weighted by Gasteiger charge is 2.50. The van der Waals surface area contributed by atoms with E-state index in [1.807, 2.05) is 4.90 Å². The maximum atomic E-state index is 13.1. The van der Waals surface area contributed by atoms with E-state index < -0.39 is 0 Å². The second-order valence-corrected chi connectivity index (χ2v) is 9.05. The molecule has 7 nitrogen and oxygen atoms in total. The number of carbonyl (C=O) groups is 3. The summed E-state index contributed by atoms with van der Waals surface area (Å²) >= 11 is 0. The molecule has 3 saturated heterocycles. The van der Waals surface area contributed by atoms with Gasteiger partial charge < -0.3 is 15.1 Å². The Morgan fingerprint density at radius 1 is 1.10 bits per heavy atom. The summed E-state index contributed by atoms with van der Waals surface area (Å²) < 4.78 is 0. The molecular formula is C22H28N4O3. The fourth-order valence-electron chi connectivity index (χ4n) is 5.58. The second-order valence-electron chi connectivity index (χ2n) is 9.05. The number of amides is 3. The molecule has 1 aromatic rings. The van der Waals surface area contributed by atoms with Crippen LogP contribution in [0.3, 0.4) is 0 Å². The molecule has 0 unspecified atom stereocenters. The SMILES string of the molecule is O=C(NC[C@H]1[C@H]2C[C@H](CN(C(=O)c3ccncc3)C2)[C@@H]2CCCC(=O)N21)C1CC1. The van der Waals surface area contributed by atoms with Crippen LogP contribution in [-0.2, 0) is 9.59 Å². The molecule has 154 valence electrons. The first-order valence-electron chi connectivity index (χ1n) is 10.9. The van der Waals surface area contributed by atoms with E-state index in [2.05, 4.69) is 15.2 Å². The standard InChI is InChI=1S/C22H28N4O3/c27-20-3-1-2-18-16-10-17(19(26(18)20)11-24-21(28)14-4-5-14)13-25(12-16)22(29)15-6-8-23-9-7-15/h6-9,14,16-19H,1-5,10-13H2,(H,24,28)/t16-,17+,18+,19+/m1/s1. The lowest BCUT2D eigenvalue weighted by atomic mass is 9.72. The van der Waals surface area contributed by atoms with Crippen LogP contribution in [0.5, 0.6) is 0 Å². The van der Waals surface area contributed by atoms with Crippen LogP contribution in [0.15, 0.2) is 24.5 Å². The van der Waals surface area contributed by atoms with Crippen molar-refractivity contribution in [1.82, 2.24) is 20.1 Å². The van der Waals surface area contributed by atoms with Crippen molar-refractivity contribution in [3.8, 4) is 0 Å². The second kappa shape index (κ2) is 7.43. The van der Waals surface area contributed by atoms with Crippen molar-refractivity contribution in [2.24, 2.45) is 17.8 Å². The van der Waals surface area contributed by atoms with E-state index in [1.165, 1.54) is 0 Å². The van der Waals surface area contributed by atoms with E-state index in [0.29, 0.717) is 37.5 Å². The molecule has 5 rings (SSSR count). The first-order valence-corrected chi connectivity index (χ1v) is 10.9. The largest absolute Gasteiger partial charge is 0.354 e. The number of rotatable bonds is 4. The summed E-state index contributed by atoms with van der Waals surface area (Å²) in [6.45, 7) is 1.84. The highest BCUT2D eigenvalue weighted by atomic mass is 16.2. The van der Waals surface area contributed by atoms with E-state index >= 15 is 0 Å². The van der Waals surface area contributed by atoms with E-state index in [-0.39, 0.29) is 41.6 Å². The van der Waals surface area contributed by atoms with Crippen molar-refractivity contribution in [3.63, 3.8) is 0 Å². The Morgan fingerprint density at radius 3 is 2.62 bits per heavy atom. The normalized spacial score (nSPS) is 31.2. The maximum Gasteiger partial charge on any atom is 0.253 e. The molecule has 1 aliphatic carbocycles. The quantitative estimate of drug-likeness (QED) is 0.835. The van der Waals surface area contributed by atoms with Gasteiger partial charge >= 0.3 is 0 Å². The van der Waals surface area contributed by atoms with Crippen molar-refractivity contribution in [1.29, 1.82) is 0 Å². The Morgan fingerprint density at radius 2 is 1.86 bits per heavy atom. The molecular weight excluding hydrogens is 368 g/mol. The van der Waals surface area contributed by atoms with Gasteiger partial charge in [0.15, 0.2) is 0 Å². The van der Waals surface area contributed by atoms with Gasteiger partial charge in [-0.3, -0.25) is 19.4 Å². The van der Waals surface area contributed by atoms with Gasteiger partial charge in [0.1, 0.15) is 0 Å². The smallest absolute Gasteiger partial charge is 0.253 e. The minimum Gasteiger partial charge on any atom is -0.354 e. The molecule has 29 heavy (non-hydrogen) atoms. The van der Waals surface area contributed by atoms with Gasteiger partial charge in [-0.1, -0.05) is 0 Å². The number of aromatic nitrogens is 1. The number of hydrogen-bond donors (Lipinski definition) is 1. The molecule has 1 N–H and O–H groups in total. The Labute approximate surface area is 170 Å². The van der Waals surface area contributed by atoms with Gasteiger partial charge in [-0.15, -0.1) is 0 Å². The summed E-state index contributed by atoms with van der Waals surface area (Å²) in [5.74, 6) is 1.06. The first-order chi connectivity index (χ1) is 14.1. The summed E-state index contributed by atoms with van der Waals surface area (Å²) in [7, 11) is 0. The van der Waals surface area contributed by atoms with Crippen LogP contribution < -0.4 is 5.32 Å². The van der Waals surface area contributed by atoms with Crippen LogP contribution >= 0.6 is 0 Å². The van der Waals surface area contributed by atoms with Gasteiger partial charge in [-0.25, -0.2) is 0 Å². The molecule has 4 aliphatic rings. The number of piperidine rings is 3. The molecule has 7 heteroatoms. The van der Waals surface area contributed by atoms with Gasteiger partial charge in [-0.2, -0.15) is 0 Å². The van der Waals surface area contributed by atoms with Crippen LogP contribution in [0.4, 0.5) is 0 Å². The highest BCUT2D eigenvalue weighted by Crippen LogP contribution is 2.42. The van der Waals surface area contributed by atoms with Crippen LogP contribution in [0.2, 0.25) is 0 Å². The maximum absolute atomic E-state index is 13.1. The molecule has 3 aliphatic heterocycles. The lowest BCUT2D eigenvalue weighted by Gasteiger charge is -2.56. The third kappa shape index (κ3) is 3.51. The number of fused-ring (bicyclic) bond motifs is 4. The van der Waals surface area contributed by atoms with E-state index in [9.17, 15) is 14.4 Å². The predicted molar refractivity (Wildman–Crippen MR) is 106 cm³/mol. The fraction of sp³-hybridized carbons (Fsp3) is 0.636. The molecule has 2 bridgehead atoms. The first kappa shape index (κ1) is 18.6. The van der Waals surface area contributed by atoms with Crippen molar-refractivity contribution in [2.45, 2.75) is 50.6 Å². The molecule has 4 atom stereocenters. The van der Waals surface area contributed by atoms with E-state index in [0.717, 1.165) is 32.1 Å². The predicted octanol–water partition coefficient (Wildman–Crippen LogP) is 1.45. The molecule has 4 heterocycles. The van der Waals surface area contributed by atoms with Crippen LogP contribution in [0, 0.1) is 17.8 Å². The van der Waals surface area contributed by atoms with Crippen LogP contribution in [0.1, 0.15) is 48.9 Å². The topological polar surface area (TPSA) is 82.6 Å². The monoisotopic (exact) mass is 396 g/mol. The van der Waals surface area contributed by atoms with Gasteiger partial charge in [0.2, 0.25) is 11.8 Å². The zero-order chi connectivity index (χ0) is 20.0. The molecule has 0 spiro atoms. The molecule has 0 radical (unpaired) electrons. The Kier molecular flexibility index (Phi) is 4.76. The molecule has 0 aromatic carbocycles. The number of carbonyl (C=O) groups excluding carboxylic acids is 3. The van der Waals surface area contributed by atoms with Crippen molar-refractivity contribution >= 4 is 17.7 Å². The van der Waals surface area contributed by atoms with Crippen molar-refractivity contribution in [2.75, 3.05) is 19.6 Å². The number of likely N-dealkylation sites (tertiary alicyclic amines) is 1. The number of nitrogens with zero attached hydrogens (tertiary/aromatic N) is 3. The lowest BCUT2D eigenvalue weighted by molar-refractivity contribution is -0.152. The Hall–Kier alpha value is -2.44. The minimum atomic E-state index is -0.0141. The van der Waals surface area contributed by atoms with E-state index in [1.54, 1.807) is 24.5 Å². The lowest BCUT2D eigenvalue weighted by Crippen LogP contribution is -2.67. The summed E-state index contributed by atoms with van der Waals surface area (Å²) in [5.41, 5.74) is 0.662. The molecule has 4 fully saturated rings. The van der Waals surface area contributed by atoms with Crippen molar-refractivity contribution < 1.29 is 14.4 Å². The highest BCUT2D eigenvalue weighted by molar-refractivity contribution is 5.94.